The highest BCUT2D eigenvalue weighted by molar-refractivity contribution is 5.94. The lowest BCUT2D eigenvalue weighted by atomic mass is 10.1. The summed E-state index contributed by atoms with van der Waals surface area (Å²) in [6, 6.07) is 10.1. The SMILES string of the molecule is Cc1[nH]c(-c2ccccc2)nc1C(=O)N1CCC[C@@H](N)CC1. The summed E-state index contributed by atoms with van der Waals surface area (Å²) in [7, 11) is 0. The van der Waals surface area contributed by atoms with Gasteiger partial charge in [-0.05, 0) is 26.2 Å². The number of amides is 1. The molecule has 116 valence electrons. The molecule has 5 heteroatoms. The highest BCUT2D eigenvalue weighted by Gasteiger charge is 2.24. The second kappa shape index (κ2) is 6.32. The van der Waals surface area contributed by atoms with Crippen LogP contribution in [-0.2, 0) is 0 Å². The van der Waals surface area contributed by atoms with E-state index >= 15 is 0 Å². The number of nitrogens with two attached hydrogens (primary N) is 1. The van der Waals surface area contributed by atoms with Gasteiger partial charge in [0, 0.05) is 30.4 Å². The lowest BCUT2D eigenvalue weighted by Gasteiger charge is -2.19. The van der Waals surface area contributed by atoms with E-state index in [4.69, 9.17) is 5.73 Å². The average molecular weight is 298 g/mol. The predicted molar refractivity (Wildman–Crippen MR) is 86.5 cm³/mol. The maximum absolute atomic E-state index is 12.7. The number of hydrogen-bond donors (Lipinski definition) is 2. The van der Waals surface area contributed by atoms with Crippen molar-refractivity contribution in [2.45, 2.75) is 32.2 Å². The Morgan fingerprint density at radius 3 is 2.82 bits per heavy atom. The Labute approximate surface area is 130 Å². The zero-order chi connectivity index (χ0) is 15.5. The first kappa shape index (κ1) is 14.8. The molecule has 5 nitrogen and oxygen atoms in total. The van der Waals surface area contributed by atoms with Crippen LogP contribution in [-0.4, -0.2) is 39.9 Å². The Hall–Kier alpha value is -2.14. The number of hydrogen-bond acceptors (Lipinski definition) is 3. The van der Waals surface area contributed by atoms with Gasteiger partial charge in [0.25, 0.3) is 5.91 Å². The lowest BCUT2D eigenvalue weighted by molar-refractivity contribution is 0.0755. The van der Waals surface area contributed by atoms with Crippen LogP contribution >= 0.6 is 0 Å². The quantitative estimate of drug-likeness (QED) is 0.893. The van der Waals surface area contributed by atoms with Gasteiger partial charge >= 0.3 is 0 Å². The fourth-order valence-electron chi connectivity index (χ4n) is 2.88. The minimum Gasteiger partial charge on any atom is -0.341 e. The van der Waals surface area contributed by atoms with E-state index in [9.17, 15) is 4.79 Å². The molecular weight excluding hydrogens is 276 g/mol. The van der Waals surface area contributed by atoms with E-state index in [2.05, 4.69) is 9.97 Å². The molecule has 1 atom stereocenters. The van der Waals surface area contributed by atoms with Crippen LogP contribution in [0.25, 0.3) is 11.4 Å². The van der Waals surface area contributed by atoms with E-state index < -0.39 is 0 Å². The Bertz CT molecular complexity index is 650. The summed E-state index contributed by atoms with van der Waals surface area (Å²) >= 11 is 0. The van der Waals surface area contributed by atoms with E-state index in [0.29, 0.717) is 12.2 Å². The molecule has 0 bridgehead atoms. The summed E-state index contributed by atoms with van der Waals surface area (Å²) in [6.45, 7) is 3.38. The maximum Gasteiger partial charge on any atom is 0.274 e. The van der Waals surface area contributed by atoms with E-state index in [1.54, 1.807) is 0 Å². The second-order valence-corrected chi connectivity index (χ2v) is 5.91. The van der Waals surface area contributed by atoms with Crippen molar-refractivity contribution < 1.29 is 4.79 Å². The molecular formula is C17H22N4O. The molecule has 1 fully saturated rings. The number of rotatable bonds is 2. The van der Waals surface area contributed by atoms with Crippen LogP contribution in [0.1, 0.15) is 35.4 Å². The zero-order valence-corrected chi connectivity index (χ0v) is 12.9. The normalized spacial score (nSPS) is 19.0. The number of carbonyl (C=O) groups excluding carboxylic acids is 1. The fraction of sp³-hybridized carbons (Fsp3) is 0.412. The summed E-state index contributed by atoms with van der Waals surface area (Å²) in [5, 5.41) is 0. The molecule has 1 aromatic heterocycles. The van der Waals surface area contributed by atoms with Crippen LogP contribution in [0.4, 0.5) is 0 Å². The van der Waals surface area contributed by atoms with Crippen molar-refractivity contribution in [3.63, 3.8) is 0 Å². The summed E-state index contributed by atoms with van der Waals surface area (Å²) in [5.41, 5.74) is 8.31. The van der Waals surface area contributed by atoms with E-state index in [-0.39, 0.29) is 11.9 Å². The molecule has 0 unspecified atom stereocenters. The van der Waals surface area contributed by atoms with Crippen molar-refractivity contribution in [3.05, 3.63) is 41.7 Å². The molecule has 0 radical (unpaired) electrons. The lowest BCUT2D eigenvalue weighted by Crippen LogP contribution is -2.33. The zero-order valence-electron chi connectivity index (χ0n) is 12.9. The largest absolute Gasteiger partial charge is 0.341 e. The Morgan fingerprint density at radius 1 is 1.27 bits per heavy atom. The molecule has 1 aromatic carbocycles. The van der Waals surface area contributed by atoms with E-state index in [0.717, 1.165) is 42.9 Å². The first-order valence-electron chi connectivity index (χ1n) is 7.82. The third-order valence-corrected chi connectivity index (χ3v) is 4.19. The van der Waals surface area contributed by atoms with Crippen LogP contribution in [0, 0.1) is 6.92 Å². The summed E-state index contributed by atoms with van der Waals surface area (Å²) in [6.07, 6.45) is 2.81. The topological polar surface area (TPSA) is 75.0 Å². The molecule has 1 aliphatic rings. The van der Waals surface area contributed by atoms with Gasteiger partial charge in [-0.3, -0.25) is 4.79 Å². The van der Waals surface area contributed by atoms with E-state index in [1.165, 1.54) is 0 Å². The Kier molecular flexibility index (Phi) is 4.24. The van der Waals surface area contributed by atoms with Crippen LogP contribution in [0.2, 0.25) is 0 Å². The molecule has 0 aliphatic carbocycles. The van der Waals surface area contributed by atoms with Gasteiger partial charge in [-0.2, -0.15) is 0 Å². The third-order valence-electron chi connectivity index (χ3n) is 4.19. The molecule has 0 spiro atoms. The second-order valence-electron chi connectivity index (χ2n) is 5.91. The monoisotopic (exact) mass is 298 g/mol. The number of benzene rings is 1. The molecule has 1 saturated heterocycles. The molecule has 3 rings (SSSR count). The van der Waals surface area contributed by atoms with Crippen molar-refractivity contribution in [2.75, 3.05) is 13.1 Å². The highest BCUT2D eigenvalue weighted by atomic mass is 16.2. The van der Waals surface area contributed by atoms with Gasteiger partial charge < -0.3 is 15.6 Å². The first-order valence-corrected chi connectivity index (χ1v) is 7.82. The van der Waals surface area contributed by atoms with Crippen LogP contribution in [0.15, 0.2) is 30.3 Å². The maximum atomic E-state index is 12.7. The predicted octanol–water partition coefficient (Wildman–Crippen LogP) is 2.34. The number of carbonyl (C=O) groups is 1. The molecule has 2 heterocycles. The summed E-state index contributed by atoms with van der Waals surface area (Å²) in [5.74, 6) is 0.748. The van der Waals surface area contributed by atoms with Gasteiger partial charge in [-0.15, -0.1) is 0 Å². The number of aromatic nitrogens is 2. The van der Waals surface area contributed by atoms with Gasteiger partial charge in [0.2, 0.25) is 0 Å². The van der Waals surface area contributed by atoms with Gasteiger partial charge in [0.1, 0.15) is 11.5 Å². The van der Waals surface area contributed by atoms with Crippen molar-refractivity contribution in [1.82, 2.24) is 14.9 Å². The number of nitrogens with zero attached hydrogens (tertiary/aromatic N) is 2. The highest BCUT2D eigenvalue weighted by Crippen LogP contribution is 2.20. The third kappa shape index (κ3) is 3.04. The van der Waals surface area contributed by atoms with E-state index in [1.807, 2.05) is 42.2 Å². The number of likely N-dealkylation sites (tertiary alicyclic amines) is 1. The standard InChI is InChI=1S/C17H22N4O/c1-12-15(17(22)21-10-5-8-14(18)9-11-21)20-16(19-12)13-6-3-2-4-7-13/h2-4,6-7,14H,5,8-11,18H2,1H3,(H,19,20)/t14-/m1/s1. The molecule has 22 heavy (non-hydrogen) atoms. The number of aromatic amines is 1. The first-order chi connectivity index (χ1) is 10.6. The van der Waals surface area contributed by atoms with Gasteiger partial charge in [0.15, 0.2) is 0 Å². The summed E-state index contributed by atoms with van der Waals surface area (Å²) in [4.78, 5) is 22.4. The number of aryl methyl sites for hydroxylation is 1. The number of imidazole rings is 1. The van der Waals surface area contributed by atoms with Crippen molar-refractivity contribution in [2.24, 2.45) is 5.73 Å². The van der Waals surface area contributed by atoms with Crippen molar-refractivity contribution in [1.29, 1.82) is 0 Å². The number of H-pyrrole nitrogens is 1. The molecule has 3 N–H and O–H groups in total. The fourth-order valence-corrected chi connectivity index (χ4v) is 2.88. The van der Waals surface area contributed by atoms with Gasteiger partial charge in [-0.25, -0.2) is 4.98 Å². The molecule has 0 saturated carbocycles. The Morgan fingerprint density at radius 2 is 2.05 bits per heavy atom. The smallest absolute Gasteiger partial charge is 0.274 e. The minimum atomic E-state index is 0.00466. The molecule has 1 amide bonds. The molecule has 1 aliphatic heterocycles. The Balaban J connectivity index is 1.82. The molecule has 2 aromatic rings. The van der Waals surface area contributed by atoms with Crippen molar-refractivity contribution >= 4 is 5.91 Å². The minimum absolute atomic E-state index is 0.00466. The van der Waals surface area contributed by atoms with Gasteiger partial charge in [0.05, 0.1) is 0 Å². The number of nitrogens with one attached hydrogen (secondary N) is 1. The van der Waals surface area contributed by atoms with Crippen LogP contribution in [0.5, 0.6) is 0 Å². The van der Waals surface area contributed by atoms with Crippen LogP contribution in [0.3, 0.4) is 0 Å². The van der Waals surface area contributed by atoms with Gasteiger partial charge in [-0.1, -0.05) is 30.3 Å². The van der Waals surface area contributed by atoms with Crippen molar-refractivity contribution in [3.8, 4) is 11.4 Å². The van der Waals surface area contributed by atoms with Crippen LogP contribution < -0.4 is 5.73 Å². The average Bonchev–Trinajstić information content (AvgIpc) is 2.79. The summed E-state index contributed by atoms with van der Waals surface area (Å²) < 4.78 is 0.